The van der Waals surface area contributed by atoms with E-state index < -0.39 is 5.97 Å². The monoisotopic (exact) mass is 222 g/mol. The number of aromatic nitrogens is 1. The van der Waals surface area contributed by atoms with Gasteiger partial charge in [0.2, 0.25) is 5.91 Å². The van der Waals surface area contributed by atoms with E-state index in [-0.39, 0.29) is 11.5 Å². The number of carboxylic acids is 1. The number of aryl methyl sites for hydroxylation is 1. The second-order valence-corrected chi connectivity index (χ2v) is 3.38. The number of carboxylic acid groups (broad SMARTS) is 1. The van der Waals surface area contributed by atoms with Crippen LogP contribution in [0.25, 0.3) is 0 Å². The molecule has 0 aromatic carbocycles. The minimum Gasteiger partial charge on any atom is -0.478 e. The maximum Gasteiger partial charge on any atom is 0.339 e. The molecule has 0 saturated heterocycles. The average molecular weight is 222 g/mol. The Bertz CT molecular complexity index is 421. The van der Waals surface area contributed by atoms with Crippen molar-refractivity contribution < 1.29 is 14.7 Å². The number of allylic oxidation sites excluding steroid dienone is 1. The first kappa shape index (κ1) is 12.0. The first-order valence-electron chi connectivity index (χ1n) is 4.88. The van der Waals surface area contributed by atoms with Crippen LogP contribution in [0.15, 0.2) is 18.9 Å². The van der Waals surface area contributed by atoms with E-state index >= 15 is 0 Å². The van der Waals surface area contributed by atoms with Crippen LogP contribution in [0, 0.1) is 6.92 Å². The molecule has 0 saturated carbocycles. The topological polar surface area (TPSA) is 82.2 Å². The molecule has 0 fully saturated rings. The number of nitrogens with one attached hydrogen (secondary N) is 2. The zero-order valence-electron chi connectivity index (χ0n) is 9.04. The molecule has 0 radical (unpaired) electrons. The highest BCUT2D eigenvalue weighted by molar-refractivity contribution is 6.01. The first-order chi connectivity index (χ1) is 7.56. The van der Waals surface area contributed by atoms with Gasteiger partial charge in [-0.3, -0.25) is 4.79 Å². The third-order valence-electron chi connectivity index (χ3n) is 2.14. The van der Waals surface area contributed by atoms with Gasteiger partial charge >= 0.3 is 5.97 Å². The highest BCUT2D eigenvalue weighted by Crippen LogP contribution is 2.19. The molecule has 0 unspecified atom stereocenters. The summed E-state index contributed by atoms with van der Waals surface area (Å²) in [7, 11) is 0. The number of hydrogen-bond donors (Lipinski definition) is 3. The summed E-state index contributed by atoms with van der Waals surface area (Å²) in [6.07, 6.45) is 3.98. The SMILES string of the molecule is C=CCCC(=O)Nc1c[nH]c(C)c1C(=O)O. The molecule has 1 amide bonds. The van der Waals surface area contributed by atoms with Crippen molar-refractivity contribution in [3.63, 3.8) is 0 Å². The zero-order valence-corrected chi connectivity index (χ0v) is 9.04. The number of anilines is 1. The van der Waals surface area contributed by atoms with Gasteiger partial charge in [0.15, 0.2) is 0 Å². The predicted molar refractivity (Wildman–Crippen MR) is 60.5 cm³/mol. The lowest BCUT2D eigenvalue weighted by molar-refractivity contribution is -0.116. The molecular weight excluding hydrogens is 208 g/mol. The van der Waals surface area contributed by atoms with Crippen LogP contribution >= 0.6 is 0 Å². The molecular formula is C11H14N2O3. The van der Waals surface area contributed by atoms with Gasteiger partial charge in [0, 0.05) is 18.3 Å². The summed E-state index contributed by atoms with van der Waals surface area (Å²) < 4.78 is 0. The number of aromatic carboxylic acids is 1. The Morgan fingerprint density at radius 3 is 2.88 bits per heavy atom. The molecule has 3 N–H and O–H groups in total. The number of carbonyl (C=O) groups is 2. The highest BCUT2D eigenvalue weighted by Gasteiger charge is 2.16. The molecule has 0 bridgehead atoms. The lowest BCUT2D eigenvalue weighted by atomic mass is 10.2. The fourth-order valence-electron chi connectivity index (χ4n) is 1.35. The average Bonchev–Trinajstić information content (AvgIpc) is 2.56. The van der Waals surface area contributed by atoms with Crippen LogP contribution in [-0.2, 0) is 4.79 Å². The van der Waals surface area contributed by atoms with Gasteiger partial charge in [0.05, 0.1) is 5.69 Å². The number of aromatic amines is 1. The van der Waals surface area contributed by atoms with Gasteiger partial charge in [-0.25, -0.2) is 4.79 Å². The number of amides is 1. The van der Waals surface area contributed by atoms with E-state index in [2.05, 4.69) is 16.9 Å². The van der Waals surface area contributed by atoms with Gasteiger partial charge in [-0.2, -0.15) is 0 Å². The summed E-state index contributed by atoms with van der Waals surface area (Å²) in [5.74, 6) is -1.28. The van der Waals surface area contributed by atoms with Crippen molar-refractivity contribution in [2.24, 2.45) is 0 Å². The summed E-state index contributed by atoms with van der Waals surface area (Å²) in [4.78, 5) is 25.1. The van der Waals surface area contributed by atoms with E-state index in [4.69, 9.17) is 5.11 Å². The van der Waals surface area contributed by atoms with Crippen LogP contribution in [0.3, 0.4) is 0 Å². The molecule has 5 nitrogen and oxygen atoms in total. The highest BCUT2D eigenvalue weighted by atomic mass is 16.4. The van der Waals surface area contributed by atoms with Gasteiger partial charge in [0.1, 0.15) is 5.56 Å². The van der Waals surface area contributed by atoms with Gasteiger partial charge in [-0.05, 0) is 13.3 Å². The lowest BCUT2D eigenvalue weighted by Crippen LogP contribution is -2.13. The quantitative estimate of drug-likeness (QED) is 0.665. The van der Waals surface area contributed by atoms with E-state index in [0.29, 0.717) is 24.2 Å². The Morgan fingerprint density at radius 1 is 1.62 bits per heavy atom. The Labute approximate surface area is 93.2 Å². The van der Waals surface area contributed by atoms with Crippen molar-refractivity contribution in [3.05, 3.63) is 30.1 Å². The Hall–Kier alpha value is -2.04. The molecule has 0 aliphatic carbocycles. The molecule has 0 spiro atoms. The van der Waals surface area contributed by atoms with Crippen molar-refractivity contribution in [1.82, 2.24) is 4.98 Å². The van der Waals surface area contributed by atoms with Crippen LogP contribution in [0.1, 0.15) is 28.9 Å². The van der Waals surface area contributed by atoms with Crippen molar-refractivity contribution in [3.8, 4) is 0 Å². The minimum atomic E-state index is -1.06. The molecule has 1 aromatic heterocycles. The zero-order chi connectivity index (χ0) is 12.1. The molecule has 1 aromatic rings. The van der Waals surface area contributed by atoms with Crippen LogP contribution in [0.5, 0.6) is 0 Å². The van der Waals surface area contributed by atoms with Crippen molar-refractivity contribution >= 4 is 17.6 Å². The van der Waals surface area contributed by atoms with E-state index in [1.54, 1.807) is 13.0 Å². The fraction of sp³-hybridized carbons (Fsp3) is 0.273. The summed E-state index contributed by atoms with van der Waals surface area (Å²) >= 11 is 0. The fourth-order valence-corrected chi connectivity index (χ4v) is 1.35. The van der Waals surface area contributed by atoms with Gasteiger partial charge in [0.25, 0.3) is 0 Å². The molecule has 0 aliphatic rings. The van der Waals surface area contributed by atoms with Gasteiger partial charge in [-0.15, -0.1) is 6.58 Å². The van der Waals surface area contributed by atoms with Gasteiger partial charge in [-0.1, -0.05) is 6.08 Å². The number of hydrogen-bond acceptors (Lipinski definition) is 2. The molecule has 1 rings (SSSR count). The van der Waals surface area contributed by atoms with E-state index in [0.717, 1.165) is 0 Å². The van der Waals surface area contributed by atoms with Crippen LogP contribution < -0.4 is 5.32 Å². The molecule has 0 atom stereocenters. The van der Waals surface area contributed by atoms with Crippen LogP contribution in [-0.4, -0.2) is 22.0 Å². The number of rotatable bonds is 5. The number of H-pyrrole nitrogens is 1. The van der Waals surface area contributed by atoms with Crippen molar-refractivity contribution in [2.45, 2.75) is 19.8 Å². The maximum absolute atomic E-state index is 11.4. The van der Waals surface area contributed by atoms with E-state index in [9.17, 15) is 9.59 Å². The minimum absolute atomic E-state index is 0.104. The Balaban J connectivity index is 2.77. The van der Waals surface area contributed by atoms with E-state index in [1.807, 2.05) is 0 Å². The molecule has 5 heteroatoms. The number of carbonyl (C=O) groups excluding carboxylic acids is 1. The summed E-state index contributed by atoms with van der Waals surface area (Å²) in [5.41, 5.74) is 0.928. The molecule has 16 heavy (non-hydrogen) atoms. The smallest absolute Gasteiger partial charge is 0.339 e. The molecule has 86 valence electrons. The predicted octanol–water partition coefficient (Wildman–Crippen LogP) is 1.93. The third kappa shape index (κ3) is 2.73. The lowest BCUT2D eigenvalue weighted by Gasteiger charge is -2.03. The van der Waals surface area contributed by atoms with Crippen LogP contribution in [0.2, 0.25) is 0 Å². The first-order valence-corrected chi connectivity index (χ1v) is 4.88. The normalized spacial score (nSPS) is 9.81. The summed E-state index contributed by atoms with van der Waals surface area (Å²) in [6, 6.07) is 0. The van der Waals surface area contributed by atoms with Crippen molar-refractivity contribution in [2.75, 3.05) is 5.32 Å². The van der Waals surface area contributed by atoms with Crippen molar-refractivity contribution in [1.29, 1.82) is 0 Å². The Kier molecular flexibility index (Phi) is 3.88. The standard InChI is InChI=1S/C11H14N2O3/c1-3-4-5-9(14)13-8-6-12-7(2)10(8)11(15)16/h3,6,12H,1,4-5H2,2H3,(H,13,14)(H,15,16). The third-order valence-corrected chi connectivity index (χ3v) is 2.14. The Morgan fingerprint density at radius 2 is 2.31 bits per heavy atom. The summed E-state index contributed by atoms with van der Waals surface area (Å²) in [6.45, 7) is 5.15. The van der Waals surface area contributed by atoms with Crippen LogP contribution in [0.4, 0.5) is 5.69 Å². The van der Waals surface area contributed by atoms with E-state index in [1.165, 1.54) is 6.20 Å². The summed E-state index contributed by atoms with van der Waals surface area (Å²) in [5, 5.41) is 11.5. The largest absolute Gasteiger partial charge is 0.478 e. The maximum atomic E-state index is 11.4. The molecule has 1 heterocycles. The molecule has 0 aliphatic heterocycles. The second-order valence-electron chi connectivity index (χ2n) is 3.38. The van der Waals surface area contributed by atoms with Gasteiger partial charge < -0.3 is 15.4 Å². The second kappa shape index (κ2) is 5.16.